The molecule has 222 valence electrons. The summed E-state index contributed by atoms with van der Waals surface area (Å²) in [6, 6.07) is 18.8. The number of benzene rings is 2. The van der Waals surface area contributed by atoms with E-state index in [4.69, 9.17) is 14.1 Å². The van der Waals surface area contributed by atoms with Gasteiger partial charge in [-0.05, 0) is 60.6 Å². The van der Waals surface area contributed by atoms with Crippen LogP contribution in [0.1, 0.15) is 69.8 Å². The molecule has 2 N–H and O–H groups in total. The van der Waals surface area contributed by atoms with Gasteiger partial charge in [-0.15, -0.1) is 0 Å². The molecule has 0 spiro atoms. The van der Waals surface area contributed by atoms with E-state index >= 15 is 0 Å². The Morgan fingerprint density at radius 2 is 1.71 bits per heavy atom. The number of oxime groups is 1. The van der Waals surface area contributed by atoms with Crippen molar-refractivity contribution in [3.05, 3.63) is 71.8 Å². The van der Waals surface area contributed by atoms with Crippen molar-refractivity contribution >= 4 is 24.6 Å². The first-order valence-electron chi connectivity index (χ1n) is 15.3. The van der Waals surface area contributed by atoms with Crippen molar-refractivity contribution in [3.8, 4) is 0 Å². The molecule has 1 saturated heterocycles. The SMILES string of the molecule is CC(C)[C@H](NC(=O)C1(Cc2ccccc2)CC(CNC(=O)c2ccccc2)=NO1)B1O[C@@H]2C[C@@H]3C[C@@H](C3(C)C)[C@]2(C)O1. The third kappa shape index (κ3) is 5.04. The Labute approximate surface area is 249 Å². The van der Waals surface area contributed by atoms with Crippen molar-refractivity contribution in [1.82, 2.24) is 10.6 Å². The van der Waals surface area contributed by atoms with E-state index in [0.717, 1.165) is 12.0 Å². The Morgan fingerprint density at radius 1 is 1.02 bits per heavy atom. The summed E-state index contributed by atoms with van der Waals surface area (Å²) in [5, 5.41) is 10.5. The van der Waals surface area contributed by atoms with Crippen LogP contribution in [0, 0.1) is 23.2 Å². The van der Waals surface area contributed by atoms with Gasteiger partial charge in [0, 0.05) is 18.4 Å². The van der Waals surface area contributed by atoms with Crippen LogP contribution in [0.3, 0.4) is 0 Å². The van der Waals surface area contributed by atoms with E-state index in [0.29, 0.717) is 29.5 Å². The van der Waals surface area contributed by atoms with Gasteiger partial charge in [0.25, 0.3) is 11.8 Å². The van der Waals surface area contributed by atoms with Gasteiger partial charge in [-0.2, -0.15) is 0 Å². The number of hydrogen-bond acceptors (Lipinski definition) is 6. The molecule has 9 heteroatoms. The van der Waals surface area contributed by atoms with Crippen LogP contribution in [0.15, 0.2) is 65.8 Å². The second kappa shape index (κ2) is 10.8. The summed E-state index contributed by atoms with van der Waals surface area (Å²) in [4.78, 5) is 32.9. The van der Waals surface area contributed by atoms with Gasteiger partial charge in [0.1, 0.15) is 0 Å². The Balaban J connectivity index is 1.17. The van der Waals surface area contributed by atoms with E-state index in [1.807, 2.05) is 48.5 Å². The first-order valence-corrected chi connectivity index (χ1v) is 15.3. The van der Waals surface area contributed by atoms with Crippen molar-refractivity contribution in [2.45, 2.75) is 83.5 Å². The van der Waals surface area contributed by atoms with Gasteiger partial charge in [0.2, 0.25) is 5.60 Å². The second-order valence-corrected chi connectivity index (χ2v) is 13.7. The highest BCUT2D eigenvalue weighted by Gasteiger charge is 2.68. The van der Waals surface area contributed by atoms with Crippen LogP contribution >= 0.6 is 0 Å². The van der Waals surface area contributed by atoms with E-state index < -0.39 is 12.7 Å². The average molecular weight is 572 g/mol. The first kappa shape index (κ1) is 28.9. The van der Waals surface area contributed by atoms with Gasteiger partial charge >= 0.3 is 7.12 Å². The molecule has 7 rings (SSSR count). The minimum Gasteiger partial charge on any atom is -0.404 e. The van der Waals surface area contributed by atoms with Crippen LogP contribution in [0.2, 0.25) is 0 Å². The Morgan fingerprint density at radius 3 is 2.38 bits per heavy atom. The van der Waals surface area contributed by atoms with Crippen molar-refractivity contribution < 1.29 is 23.7 Å². The quantitative estimate of drug-likeness (QED) is 0.430. The maximum Gasteiger partial charge on any atom is 0.481 e. The lowest BCUT2D eigenvalue weighted by molar-refractivity contribution is -0.199. The van der Waals surface area contributed by atoms with Crippen LogP contribution in [0.5, 0.6) is 0 Å². The van der Waals surface area contributed by atoms with Crippen molar-refractivity contribution in [1.29, 1.82) is 0 Å². The number of carbonyl (C=O) groups excluding carboxylic acids is 2. The number of rotatable bonds is 9. The van der Waals surface area contributed by atoms with Crippen molar-refractivity contribution in [2.24, 2.45) is 28.3 Å². The minimum atomic E-state index is -1.25. The first-order chi connectivity index (χ1) is 20.0. The largest absolute Gasteiger partial charge is 0.481 e. The molecule has 0 aromatic heterocycles. The maximum absolute atomic E-state index is 14.2. The molecule has 3 aliphatic carbocycles. The molecule has 1 unspecified atom stereocenters. The van der Waals surface area contributed by atoms with E-state index in [1.165, 1.54) is 6.42 Å². The molecule has 2 amide bonds. The minimum absolute atomic E-state index is 0.0293. The van der Waals surface area contributed by atoms with Gasteiger partial charge in [0.15, 0.2) is 0 Å². The molecule has 0 radical (unpaired) electrons. The Hall–Kier alpha value is -3.17. The summed E-state index contributed by atoms with van der Waals surface area (Å²) in [6.45, 7) is 11.2. The summed E-state index contributed by atoms with van der Waals surface area (Å²) in [6.07, 6.45) is 2.79. The lowest BCUT2D eigenvalue weighted by Crippen LogP contribution is -2.65. The number of amides is 2. The summed E-state index contributed by atoms with van der Waals surface area (Å²) < 4.78 is 13.3. The molecular formula is C33H42BN3O5. The van der Waals surface area contributed by atoms with Crippen molar-refractivity contribution in [2.75, 3.05) is 6.54 Å². The van der Waals surface area contributed by atoms with Gasteiger partial charge in [0.05, 0.1) is 29.9 Å². The van der Waals surface area contributed by atoms with Crippen LogP contribution in [-0.4, -0.2) is 54.4 Å². The molecule has 2 bridgehead atoms. The zero-order chi connectivity index (χ0) is 29.7. The summed E-state index contributed by atoms with van der Waals surface area (Å²) >= 11 is 0. The van der Waals surface area contributed by atoms with E-state index in [9.17, 15) is 9.59 Å². The standard InChI is InChI=1S/C33H42BN3O5/c1-21(2)28(34-40-27-17-24-16-26(31(24,3)4)32(27,5)41-34)36-30(39)33(18-22-12-8-6-9-13-22)19-25(37-42-33)20-35-29(38)23-14-10-7-11-15-23/h6-15,21,24,26-28H,16-20H2,1-5H3,(H,35,38)(H,36,39)/t24-,26-,27+,28-,32-,33?/m0/s1. The second-order valence-electron chi connectivity index (χ2n) is 13.7. The molecule has 6 atom stereocenters. The lowest BCUT2D eigenvalue weighted by atomic mass is 9.43. The van der Waals surface area contributed by atoms with E-state index in [-0.39, 0.29) is 53.8 Å². The normalized spacial score (nSPS) is 31.4. The molecule has 2 aromatic carbocycles. The number of nitrogens with one attached hydrogen (secondary N) is 2. The number of nitrogens with zero attached hydrogens (tertiary/aromatic N) is 1. The molecule has 2 heterocycles. The molecule has 8 nitrogen and oxygen atoms in total. The molecule has 5 aliphatic rings. The zero-order valence-electron chi connectivity index (χ0n) is 25.3. The average Bonchev–Trinajstić information content (AvgIpc) is 3.56. The van der Waals surface area contributed by atoms with Gasteiger partial charge < -0.3 is 24.8 Å². The van der Waals surface area contributed by atoms with E-state index in [2.05, 4.69) is 50.4 Å². The van der Waals surface area contributed by atoms with Crippen LogP contribution < -0.4 is 10.6 Å². The molecule has 42 heavy (non-hydrogen) atoms. The van der Waals surface area contributed by atoms with Crippen molar-refractivity contribution in [3.63, 3.8) is 0 Å². The Kier molecular flexibility index (Phi) is 7.46. The fourth-order valence-corrected chi connectivity index (χ4v) is 7.62. The third-order valence-corrected chi connectivity index (χ3v) is 10.4. The van der Waals surface area contributed by atoms with Gasteiger partial charge in [-0.25, -0.2) is 0 Å². The van der Waals surface area contributed by atoms with Crippen LogP contribution in [0.25, 0.3) is 0 Å². The fraction of sp³-hybridized carbons (Fsp3) is 0.545. The highest BCUT2D eigenvalue weighted by atomic mass is 16.7. The summed E-state index contributed by atoms with van der Waals surface area (Å²) in [5.41, 5.74) is 0.769. The molecule has 4 fully saturated rings. The molecule has 3 saturated carbocycles. The summed E-state index contributed by atoms with van der Waals surface area (Å²) in [5.74, 6) is 0.329. The van der Waals surface area contributed by atoms with Crippen LogP contribution in [0.4, 0.5) is 0 Å². The molecular weight excluding hydrogens is 529 g/mol. The maximum atomic E-state index is 14.2. The van der Waals surface area contributed by atoms with Gasteiger partial charge in [-0.1, -0.05) is 81.4 Å². The predicted molar refractivity (Wildman–Crippen MR) is 162 cm³/mol. The molecule has 2 aromatic rings. The predicted octanol–water partition coefficient (Wildman–Crippen LogP) is 4.58. The monoisotopic (exact) mass is 571 g/mol. The number of hydrogen-bond donors (Lipinski definition) is 2. The Bertz CT molecular complexity index is 1350. The smallest absolute Gasteiger partial charge is 0.404 e. The lowest BCUT2D eigenvalue weighted by Gasteiger charge is -2.64. The van der Waals surface area contributed by atoms with Crippen LogP contribution in [-0.2, 0) is 25.4 Å². The fourth-order valence-electron chi connectivity index (χ4n) is 7.62. The zero-order valence-corrected chi connectivity index (χ0v) is 25.3. The number of carbonyl (C=O) groups is 2. The third-order valence-electron chi connectivity index (χ3n) is 10.4. The topological polar surface area (TPSA) is 98.3 Å². The molecule has 2 aliphatic heterocycles. The highest BCUT2D eigenvalue weighted by Crippen LogP contribution is 2.65. The highest BCUT2D eigenvalue weighted by molar-refractivity contribution is 6.48. The van der Waals surface area contributed by atoms with Gasteiger partial charge in [-0.3, -0.25) is 9.59 Å². The van der Waals surface area contributed by atoms with E-state index in [1.54, 1.807) is 12.1 Å². The summed E-state index contributed by atoms with van der Waals surface area (Å²) in [7, 11) is -0.542.